The minimum Gasteiger partial charge on any atom is -0.478 e. The van der Waals surface area contributed by atoms with Crippen LogP contribution in [0.1, 0.15) is 23.2 Å². The lowest BCUT2D eigenvalue weighted by molar-refractivity contribution is -0.123. The number of carboxylic acids is 1. The number of fused-ring (bicyclic) bond motifs is 3. The van der Waals surface area contributed by atoms with Crippen LogP contribution in [0.25, 0.3) is 0 Å². The smallest absolute Gasteiger partial charge is 0.335 e. The fourth-order valence-electron chi connectivity index (χ4n) is 5.09. The van der Waals surface area contributed by atoms with Crippen molar-refractivity contribution < 1.29 is 19.5 Å². The van der Waals surface area contributed by atoms with E-state index in [-0.39, 0.29) is 46.5 Å². The molecule has 23 heavy (non-hydrogen) atoms. The molecule has 4 atom stereocenters. The Balaban J connectivity index is 1.52. The topological polar surface area (TPSA) is 74.7 Å². The summed E-state index contributed by atoms with van der Waals surface area (Å²) in [5.41, 5.74) is 0.815. The molecule has 0 unspecified atom stereocenters. The van der Waals surface area contributed by atoms with Crippen LogP contribution in [-0.4, -0.2) is 22.9 Å². The zero-order valence-corrected chi connectivity index (χ0v) is 12.3. The summed E-state index contributed by atoms with van der Waals surface area (Å²) < 4.78 is 0. The van der Waals surface area contributed by atoms with E-state index in [0.717, 1.165) is 12.8 Å². The van der Waals surface area contributed by atoms with Crippen molar-refractivity contribution >= 4 is 23.5 Å². The number of rotatable bonds is 2. The van der Waals surface area contributed by atoms with Gasteiger partial charge in [0, 0.05) is 0 Å². The number of carbonyl (C=O) groups is 3. The third-order valence-electron chi connectivity index (χ3n) is 6.23. The fourth-order valence-corrected chi connectivity index (χ4v) is 5.09. The van der Waals surface area contributed by atoms with Gasteiger partial charge in [0.15, 0.2) is 0 Å². The molecule has 5 nitrogen and oxygen atoms in total. The van der Waals surface area contributed by atoms with Crippen molar-refractivity contribution in [3.63, 3.8) is 0 Å². The molecule has 3 aliphatic carbocycles. The first kappa shape index (κ1) is 13.0. The number of hydrogen-bond acceptors (Lipinski definition) is 3. The van der Waals surface area contributed by atoms with Crippen LogP contribution in [-0.2, 0) is 9.59 Å². The Bertz CT molecular complexity index is 756. The number of aromatic carboxylic acids is 1. The first-order valence-electron chi connectivity index (χ1n) is 7.94. The second-order valence-electron chi connectivity index (χ2n) is 7.09. The largest absolute Gasteiger partial charge is 0.478 e. The second kappa shape index (κ2) is 3.91. The fraction of sp³-hybridized carbons (Fsp3) is 0.389. The van der Waals surface area contributed by atoms with Gasteiger partial charge in [-0.3, -0.25) is 14.5 Å². The van der Waals surface area contributed by atoms with Crippen LogP contribution in [0.2, 0.25) is 0 Å². The molecule has 1 saturated heterocycles. The van der Waals surface area contributed by atoms with E-state index in [4.69, 9.17) is 5.11 Å². The van der Waals surface area contributed by atoms with Crippen molar-refractivity contribution in [1.29, 1.82) is 0 Å². The number of carboxylic acid groups (broad SMARTS) is 1. The zero-order chi connectivity index (χ0) is 15.9. The summed E-state index contributed by atoms with van der Waals surface area (Å²) in [6.07, 6.45) is 6.52. The van der Waals surface area contributed by atoms with Crippen molar-refractivity contribution in [1.82, 2.24) is 0 Å². The maximum atomic E-state index is 12.9. The van der Waals surface area contributed by atoms with Crippen molar-refractivity contribution in [3.05, 3.63) is 42.0 Å². The predicted octanol–water partition coefficient (Wildman–Crippen LogP) is 2.09. The van der Waals surface area contributed by atoms with Crippen LogP contribution >= 0.6 is 0 Å². The molecule has 1 aromatic rings. The second-order valence-corrected chi connectivity index (χ2v) is 7.09. The third kappa shape index (κ3) is 1.41. The standard InChI is InChI=1S/C18H15NO4/c20-15-13-11-5-6-12(18(11)7-8-18)14(13)16(21)19(15)10-3-1-9(2-4-10)17(22)23/h1-6,11-14H,7-8H2,(H,22,23)/t11-,12-,13-,14+/m1/s1. The van der Waals surface area contributed by atoms with E-state index in [0.29, 0.717) is 5.69 Å². The van der Waals surface area contributed by atoms with Crippen molar-refractivity contribution in [2.24, 2.45) is 29.1 Å². The van der Waals surface area contributed by atoms with E-state index < -0.39 is 5.97 Å². The lowest BCUT2D eigenvalue weighted by atomic mass is 9.85. The molecule has 1 N–H and O–H groups in total. The minimum atomic E-state index is -1.02. The van der Waals surface area contributed by atoms with Gasteiger partial charge in [0.25, 0.3) is 0 Å². The van der Waals surface area contributed by atoms with Gasteiger partial charge in [-0.15, -0.1) is 0 Å². The maximum absolute atomic E-state index is 12.9. The van der Waals surface area contributed by atoms with Gasteiger partial charge in [0.1, 0.15) is 0 Å². The number of amides is 2. The van der Waals surface area contributed by atoms with E-state index in [2.05, 4.69) is 12.2 Å². The number of anilines is 1. The highest BCUT2D eigenvalue weighted by Crippen LogP contribution is 2.73. The van der Waals surface area contributed by atoms with Crippen molar-refractivity contribution in [3.8, 4) is 0 Å². The van der Waals surface area contributed by atoms with Gasteiger partial charge >= 0.3 is 5.97 Å². The molecule has 1 spiro atoms. The Morgan fingerprint density at radius 3 is 1.96 bits per heavy atom. The number of imide groups is 1. The van der Waals surface area contributed by atoms with Crippen molar-refractivity contribution in [2.45, 2.75) is 12.8 Å². The highest BCUT2D eigenvalue weighted by atomic mass is 16.4. The van der Waals surface area contributed by atoms with Gasteiger partial charge in [-0.2, -0.15) is 0 Å². The van der Waals surface area contributed by atoms with Gasteiger partial charge in [-0.1, -0.05) is 12.2 Å². The molecule has 5 heteroatoms. The summed E-state index contributed by atoms with van der Waals surface area (Å²) in [5.74, 6) is -1.30. The first-order valence-corrected chi connectivity index (χ1v) is 7.94. The van der Waals surface area contributed by atoms with Crippen molar-refractivity contribution in [2.75, 3.05) is 4.90 Å². The van der Waals surface area contributed by atoms with E-state index in [1.54, 1.807) is 12.1 Å². The SMILES string of the molecule is O=C(O)c1ccc(N2C(=O)[C@@H]3[C@H](C2=O)[C@H]2C=C[C@H]3C23CC3)cc1. The van der Waals surface area contributed by atoms with Gasteiger partial charge in [0.2, 0.25) is 11.8 Å². The molecule has 4 aliphatic rings. The van der Waals surface area contributed by atoms with E-state index >= 15 is 0 Å². The summed E-state index contributed by atoms with van der Waals surface area (Å²) >= 11 is 0. The van der Waals surface area contributed by atoms with E-state index in [1.807, 2.05) is 0 Å². The number of benzene rings is 1. The third-order valence-corrected chi connectivity index (χ3v) is 6.23. The number of nitrogens with zero attached hydrogens (tertiary/aromatic N) is 1. The molecule has 2 bridgehead atoms. The van der Waals surface area contributed by atoms with Crippen LogP contribution < -0.4 is 4.90 Å². The molecular formula is C18H15NO4. The molecule has 2 amide bonds. The first-order chi connectivity index (χ1) is 11.0. The van der Waals surface area contributed by atoms with Gasteiger partial charge in [-0.25, -0.2) is 4.79 Å². The Kier molecular flexibility index (Phi) is 2.22. The van der Waals surface area contributed by atoms with Crippen LogP contribution in [0.5, 0.6) is 0 Å². The highest BCUT2D eigenvalue weighted by Gasteiger charge is 2.73. The number of hydrogen-bond donors (Lipinski definition) is 1. The van der Waals surface area contributed by atoms with Crippen LogP contribution in [0.3, 0.4) is 0 Å². The molecule has 5 rings (SSSR count). The quantitative estimate of drug-likeness (QED) is 0.670. The molecule has 1 heterocycles. The molecular weight excluding hydrogens is 294 g/mol. The summed E-state index contributed by atoms with van der Waals surface area (Å²) in [7, 11) is 0. The maximum Gasteiger partial charge on any atom is 0.335 e. The summed E-state index contributed by atoms with van der Waals surface area (Å²) in [6, 6.07) is 5.95. The van der Waals surface area contributed by atoms with Crippen LogP contribution in [0.4, 0.5) is 5.69 Å². The molecule has 2 saturated carbocycles. The van der Waals surface area contributed by atoms with Gasteiger partial charge in [-0.05, 0) is 54.4 Å². The summed E-state index contributed by atoms with van der Waals surface area (Å²) in [4.78, 5) is 38.0. The van der Waals surface area contributed by atoms with Crippen LogP contribution in [0.15, 0.2) is 36.4 Å². The number of allylic oxidation sites excluding steroid dienone is 2. The Labute approximate surface area is 132 Å². The van der Waals surface area contributed by atoms with Gasteiger partial charge in [0.05, 0.1) is 23.1 Å². The lowest BCUT2D eigenvalue weighted by Crippen LogP contribution is -2.34. The average molecular weight is 309 g/mol. The van der Waals surface area contributed by atoms with E-state index in [9.17, 15) is 14.4 Å². The molecule has 1 aromatic carbocycles. The highest BCUT2D eigenvalue weighted by molar-refractivity contribution is 6.23. The van der Waals surface area contributed by atoms with E-state index in [1.165, 1.54) is 17.0 Å². The average Bonchev–Trinajstić information content (AvgIpc) is 3.13. The monoisotopic (exact) mass is 309 g/mol. The normalized spacial score (nSPS) is 35.2. The van der Waals surface area contributed by atoms with Gasteiger partial charge < -0.3 is 5.11 Å². The molecule has 0 radical (unpaired) electrons. The lowest BCUT2D eigenvalue weighted by Gasteiger charge is -2.21. The van der Waals surface area contributed by atoms with Crippen LogP contribution in [0, 0.1) is 29.1 Å². The predicted molar refractivity (Wildman–Crippen MR) is 80.7 cm³/mol. The minimum absolute atomic E-state index is 0.119. The zero-order valence-electron chi connectivity index (χ0n) is 12.3. The Hall–Kier alpha value is -2.43. The number of carbonyl (C=O) groups excluding carboxylic acids is 2. The Morgan fingerprint density at radius 1 is 1.00 bits per heavy atom. The summed E-state index contributed by atoms with van der Waals surface area (Å²) in [5, 5.41) is 8.96. The Morgan fingerprint density at radius 2 is 1.52 bits per heavy atom. The molecule has 116 valence electrons. The molecule has 0 aromatic heterocycles. The molecule has 1 aliphatic heterocycles. The summed E-state index contributed by atoms with van der Waals surface area (Å²) in [6.45, 7) is 0. The molecule has 3 fully saturated rings.